The largest absolute Gasteiger partial charge is 0.411 e. The van der Waals surface area contributed by atoms with E-state index in [0.717, 1.165) is 28.5 Å². The number of amides is 3. The van der Waals surface area contributed by atoms with Crippen LogP contribution in [0.3, 0.4) is 0 Å². The minimum Gasteiger partial charge on any atom is -0.411 e. The zero-order valence-electron chi connectivity index (χ0n) is 15.8. The first-order chi connectivity index (χ1) is 12.0. The van der Waals surface area contributed by atoms with Crippen molar-refractivity contribution >= 4 is 23.7 Å². The highest BCUT2D eigenvalue weighted by Gasteiger charge is 2.22. The third kappa shape index (κ3) is 5.87. The van der Waals surface area contributed by atoms with E-state index in [1.807, 2.05) is 46.8 Å². The topological polar surface area (TPSA) is 97.1 Å². The molecule has 8 heteroatoms. The Morgan fingerprint density at radius 3 is 2.31 bits per heavy atom. The molecule has 1 aromatic carbocycles. The maximum absolute atomic E-state index is 12.1. The van der Waals surface area contributed by atoms with E-state index in [1.54, 1.807) is 6.92 Å². The summed E-state index contributed by atoms with van der Waals surface area (Å²) >= 11 is 1.10. The maximum atomic E-state index is 12.1. The number of nitrogens with one attached hydrogen (secondary N) is 2. The normalized spacial score (nSPS) is 12.5. The summed E-state index contributed by atoms with van der Waals surface area (Å²) in [5.41, 5.74) is 2.62. The molecule has 1 heterocycles. The summed E-state index contributed by atoms with van der Waals surface area (Å²) in [6.07, 6.45) is 0. The molecule has 2 rings (SSSR count). The van der Waals surface area contributed by atoms with Gasteiger partial charge in [0.2, 0.25) is 11.8 Å². The molecule has 26 heavy (non-hydrogen) atoms. The predicted octanol–water partition coefficient (Wildman–Crippen LogP) is 3.46. The summed E-state index contributed by atoms with van der Waals surface area (Å²) < 4.78 is 5.65. The van der Waals surface area contributed by atoms with Gasteiger partial charge in [0.05, 0.1) is 5.25 Å². The van der Waals surface area contributed by atoms with Crippen molar-refractivity contribution in [3.63, 3.8) is 0 Å². The van der Waals surface area contributed by atoms with Gasteiger partial charge in [-0.25, -0.2) is 4.79 Å². The molecule has 3 amide bonds. The van der Waals surface area contributed by atoms with Crippen LogP contribution in [0.15, 0.2) is 27.8 Å². The van der Waals surface area contributed by atoms with E-state index in [4.69, 9.17) is 4.42 Å². The summed E-state index contributed by atoms with van der Waals surface area (Å²) in [5.74, 6) is -0.0275. The lowest BCUT2D eigenvalue weighted by molar-refractivity contribution is -0.119. The highest BCUT2D eigenvalue weighted by atomic mass is 32.2. The van der Waals surface area contributed by atoms with Crippen LogP contribution in [0.25, 0.3) is 11.5 Å². The molecular weight excluding hydrogens is 352 g/mol. The first kappa shape index (κ1) is 20.0. The quantitative estimate of drug-likeness (QED) is 0.793. The number of imide groups is 1. The average molecular weight is 376 g/mol. The minimum atomic E-state index is -0.562. The maximum Gasteiger partial charge on any atom is 0.321 e. The summed E-state index contributed by atoms with van der Waals surface area (Å²) in [5, 5.41) is 12.7. The molecule has 0 aliphatic rings. The molecule has 2 N–H and O–H groups in total. The number of hydrogen-bond acceptors (Lipinski definition) is 6. The fraction of sp³-hybridized carbons (Fsp3) is 0.444. The van der Waals surface area contributed by atoms with E-state index >= 15 is 0 Å². The van der Waals surface area contributed by atoms with Crippen LogP contribution >= 0.6 is 11.8 Å². The Kier molecular flexibility index (Phi) is 6.07. The number of carbonyl (C=O) groups is 2. The number of aryl methyl sites for hydroxylation is 2. The standard InChI is InChI=1S/C18H24N4O3S/c1-10-7-11(2)9-13(8-10)15-21-22-17(25-15)26-12(3)14(23)19-16(24)20-18(4,5)6/h7-9,12H,1-6H3,(H2,19,20,23,24)/t12-/m1/s1. The van der Waals surface area contributed by atoms with E-state index < -0.39 is 22.7 Å². The van der Waals surface area contributed by atoms with Gasteiger partial charge in [-0.05, 0) is 53.7 Å². The molecule has 140 valence electrons. The molecule has 0 saturated carbocycles. The fourth-order valence-corrected chi connectivity index (χ4v) is 2.95. The molecule has 0 spiro atoms. The lowest BCUT2D eigenvalue weighted by Gasteiger charge is -2.20. The van der Waals surface area contributed by atoms with Crippen LogP contribution in [0.2, 0.25) is 0 Å². The number of aromatic nitrogens is 2. The molecule has 0 saturated heterocycles. The van der Waals surface area contributed by atoms with Gasteiger partial charge in [0.15, 0.2) is 0 Å². The Hall–Kier alpha value is -2.35. The molecule has 0 aliphatic carbocycles. The van der Waals surface area contributed by atoms with Crippen molar-refractivity contribution < 1.29 is 14.0 Å². The second-order valence-corrected chi connectivity index (χ2v) is 8.50. The number of rotatable bonds is 4. The lowest BCUT2D eigenvalue weighted by atomic mass is 10.1. The molecule has 2 aromatic rings. The van der Waals surface area contributed by atoms with Gasteiger partial charge in [-0.2, -0.15) is 0 Å². The average Bonchev–Trinajstić information content (AvgIpc) is 2.92. The summed E-state index contributed by atoms with van der Waals surface area (Å²) in [6, 6.07) is 5.45. The number of nitrogens with zero attached hydrogens (tertiary/aromatic N) is 2. The third-order valence-corrected chi connectivity index (χ3v) is 4.18. The Morgan fingerprint density at radius 2 is 1.73 bits per heavy atom. The second kappa shape index (κ2) is 7.90. The van der Waals surface area contributed by atoms with Crippen LogP contribution in [0, 0.1) is 13.8 Å². The van der Waals surface area contributed by atoms with Gasteiger partial charge in [0.25, 0.3) is 5.22 Å². The molecule has 0 unspecified atom stereocenters. The van der Waals surface area contributed by atoms with Crippen molar-refractivity contribution in [3.8, 4) is 11.5 Å². The zero-order valence-corrected chi connectivity index (χ0v) is 16.7. The van der Waals surface area contributed by atoms with Crippen LogP contribution in [-0.4, -0.2) is 32.9 Å². The predicted molar refractivity (Wildman–Crippen MR) is 101 cm³/mol. The van der Waals surface area contributed by atoms with E-state index in [1.165, 1.54) is 0 Å². The Morgan fingerprint density at radius 1 is 1.12 bits per heavy atom. The molecule has 0 bridgehead atoms. The SMILES string of the molecule is Cc1cc(C)cc(-c2nnc(S[C@H](C)C(=O)NC(=O)NC(C)(C)C)o2)c1. The van der Waals surface area contributed by atoms with E-state index in [2.05, 4.69) is 26.9 Å². The molecule has 0 aliphatic heterocycles. The number of urea groups is 1. The van der Waals surface area contributed by atoms with Crippen molar-refractivity contribution in [1.82, 2.24) is 20.8 Å². The highest BCUT2D eigenvalue weighted by Crippen LogP contribution is 2.27. The van der Waals surface area contributed by atoms with E-state index in [0.29, 0.717) is 5.89 Å². The molecule has 1 atom stereocenters. The van der Waals surface area contributed by atoms with Gasteiger partial charge < -0.3 is 9.73 Å². The monoisotopic (exact) mass is 376 g/mol. The van der Waals surface area contributed by atoms with E-state index in [9.17, 15) is 9.59 Å². The van der Waals surface area contributed by atoms with Crippen LogP contribution in [-0.2, 0) is 4.79 Å². The number of thioether (sulfide) groups is 1. The molecule has 0 radical (unpaired) electrons. The van der Waals surface area contributed by atoms with Crippen LogP contribution in [0.5, 0.6) is 0 Å². The second-order valence-electron chi connectivity index (χ2n) is 7.20. The highest BCUT2D eigenvalue weighted by molar-refractivity contribution is 8.00. The summed E-state index contributed by atoms with van der Waals surface area (Å²) in [7, 11) is 0. The van der Waals surface area contributed by atoms with Gasteiger partial charge >= 0.3 is 6.03 Å². The van der Waals surface area contributed by atoms with Crippen molar-refractivity contribution in [3.05, 3.63) is 29.3 Å². The fourth-order valence-electron chi connectivity index (χ4n) is 2.26. The number of benzene rings is 1. The molecule has 1 aromatic heterocycles. The van der Waals surface area contributed by atoms with Gasteiger partial charge in [-0.1, -0.05) is 29.0 Å². The van der Waals surface area contributed by atoms with Crippen molar-refractivity contribution in [2.24, 2.45) is 0 Å². The third-order valence-electron chi connectivity index (χ3n) is 3.25. The number of carbonyl (C=O) groups excluding carboxylic acids is 2. The first-order valence-corrected chi connectivity index (χ1v) is 9.13. The smallest absolute Gasteiger partial charge is 0.321 e. The van der Waals surface area contributed by atoms with Crippen molar-refractivity contribution in [2.75, 3.05) is 0 Å². The lowest BCUT2D eigenvalue weighted by Crippen LogP contribution is -2.49. The molecule has 0 fully saturated rings. The van der Waals surface area contributed by atoms with Gasteiger partial charge in [-0.15, -0.1) is 10.2 Å². The summed E-state index contributed by atoms with van der Waals surface area (Å²) in [4.78, 5) is 23.9. The van der Waals surface area contributed by atoms with E-state index in [-0.39, 0.29) is 5.22 Å². The van der Waals surface area contributed by atoms with Crippen LogP contribution < -0.4 is 10.6 Å². The summed E-state index contributed by atoms with van der Waals surface area (Å²) in [6.45, 7) is 11.2. The van der Waals surface area contributed by atoms with Gasteiger partial charge in [0, 0.05) is 11.1 Å². The Labute approximate surface area is 157 Å². The van der Waals surface area contributed by atoms with Gasteiger partial charge in [0.1, 0.15) is 0 Å². The van der Waals surface area contributed by atoms with Gasteiger partial charge in [-0.3, -0.25) is 10.1 Å². The Bertz CT molecular complexity index is 791. The Balaban J connectivity index is 1.99. The first-order valence-electron chi connectivity index (χ1n) is 8.25. The molecule has 7 nitrogen and oxygen atoms in total. The van der Waals surface area contributed by atoms with Crippen molar-refractivity contribution in [2.45, 2.75) is 57.6 Å². The minimum absolute atomic E-state index is 0.276. The zero-order chi connectivity index (χ0) is 19.5. The van der Waals surface area contributed by atoms with Crippen LogP contribution in [0.4, 0.5) is 4.79 Å². The number of hydrogen-bond donors (Lipinski definition) is 2. The van der Waals surface area contributed by atoms with Crippen molar-refractivity contribution in [1.29, 1.82) is 0 Å². The van der Waals surface area contributed by atoms with Crippen LogP contribution in [0.1, 0.15) is 38.8 Å². The molecular formula is C18H24N4O3S.